The zero-order valence-electron chi connectivity index (χ0n) is 9.63. The maximum Gasteiger partial charge on any atom is 0.656 e. The topological polar surface area (TPSA) is 68.7 Å². The van der Waals surface area contributed by atoms with E-state index in [0.717, 1.165) is 6.07 Å². The van der Waals surface area contributed by atoms with Gasteiger partial charge in [0, 0.05) is 0 Å². The van der Waals surface area contributed by atoms with Gasteiger partial charge < -0.3 is 9.31 Å². The maximum absolute atomic E-state index is 13.0. The number of rotatable bonds is 1. The van der Waals surface area contributed by atoms with E-state index in [1.807, 2.05) is 0 Å². The number of carbonyl (C=O) groups is 2. The first kappa shape index (κ1) is 12.5. The molecule has 0 radical (unpaired) electrons. The van der Waals surface area contributed by atoms with E-state index in [1.165, 1.54) is 17.0 Å². The second-order valence-electron chi connectivity index (χ2n) is 3.87. The Morgan fingerprint density at radius 1 is 1.28 bits per heavy atom. The van der Waals surface area contributed by atoms with Gasteiger partial charge >= 0.3 is 19.1 Å². The highest BCUT2D eigenvalue weighted by atomic mass is 19.1. The third kappa shape index (κ3) is 3.04. The van der Waals surface area contributed by atoms with E-state index < -0.39 is 25.0 Å². The van der Waals surface area contributed by atoms with E-state index >= 15 is 0 Å². The number of carbonyl (C=O) groups excluding carboxylic acids is 2. The van der Waals surface area contributed by atoms with Gasteiger partial charge in [-0.25, -0.2) is 4.98 Å². The molecule has 0 aliphatic carbocycles. The SMILES string of the molecule is CN1CC(=O)OB(c2cccc(F)n2)OC(=O)C1. The summed E-state index contributed by atoms with van der Waals surface area (Å²) in [5, 5.41) is 0. The van der Waals surface area contributed by atoms with E-state index in [4.69, 9.17) is 9.31 Å². The summed E-state index contributed by atoms with van der Waals surface area (Å²) < 4.78 is 22.8. The van der Waals surface area contributed by atoms with Gasteiger partial charge in [-0.1, -0.05) is 6.07 Å². The lowest BCUT2D eigenvalue weighted by molar-refractivity contribution is -0.145. The van der Waals surface area contributed by atoms with Crippen LogP contribution in [-0.2, 0) is 18.9 Å². The summed E-state index contributed by atoms with van der Waals surface area (Å²) >= 11 is 0. The summed E-state index contributed by atoms with van der Waals surface area (Å²) in [4.78, 5) is 27.9. The summed E-state index contributed by atoms with van der Waals surface area (Å²) in [6, 6.07) is 3.95. The predicted octanol–water partition coefficient (Wildman–Crippen LogP) is -1.05. The summed E-state index contributed by atoms with van der Waals surface area (Å²) in [5.41, 5.74) is 0.0428. The lowest BCUT2D eigenvalue weighted by Crippen LogP contribution is -2.48. The molecule has 0 unspecified atom stereocenters. The molecule has 94 valence electrons. The number of nitrogens with zero attached hydrogens (tertiary/aromatic N) is 2. The van der Waals surface area contributed by atoms with Crippen molar-refractivity contribution in [3.8, 4) is 0 Å². The second kappa shape index (κ2) is 5.13. The van der Waals surface area contributed by atoms with Gasteiger partial charge in [-0.3, -0.25) is 14.5 Å². The molecule has 1 saturated heterocycles. The number of halogens is 1. The molecule has 2 rings (SSSR count). The fraction of sp³-hybridized carbons (Fsp3) is 0.300. The standard InChI is InChI=1S/C10H10BFN2O4/c1-14-5-9(15)17-11(18-10(16)6-14)7-3-2-4-8(12)13-7/h2-4H,5-6H2,1H3. The summed E-state index contributed by atoms with van der Waals surface area (Å²) in [7, 11) is 0.290. The Morgan fingerprint density at radius 2 is 1.89 bits per heavy atom. The molecule has 1 aliphatic rings. The highest BCUT2D eigenvalue weighted by molar-refractivity contribution is 6.63. The number of pyridine rings is 1. The van der Waals surface area contributed by atoms with Gasteiger partial charge in [-0.05, 0) is 19.2 Å². The molecule has 0 aromatic carbocycles. The van der Waals surface area contributed by atoms with Crippen molar-refractivity contribution in [2.24, 2.45) is 0 Å². The Morgan fingerprint density at radius 3 is 2.44 bits per heavy atom. The minimum Gasteiger partial charge on any atom is -0.493 e. The van der Waals surface area contributed by atoms with E-state index in [1.54, 1.807) is 7.05 Å². The van der Waals surface area contributed by atoms with E-state index in [-0.39, 0.29) is 18.7 Å². The normalized spacial score (nSPS) is 17.8. The summed E-state index contributed by atoms with van der Waals surface area (Å²) in [5.74, 6) is -1.87. The second-order valence-corrected chi connectivity index (χ2v) is 3.87. The van der Waals surface area contributed by atoms with Crippen LogP contribution in [0.25, 0.3) is 0 Å². The quantitative estimate of drug-likeness (QED) is 0.469. The molecule has 0 saturated carbocycles. The molecule has 0 spiro atoms. The van der Waals surface area contributed by atoms with Crippen LogP contribution >= 0.6 is 0 Å². The van der Waals surface area contributed by atoms with E-state index in [0.29, 0.717) is 0 Å². The van der Waals surface area contributed by atoms with Gasteiger partial charge in [-0.2, -0.15) is 4.39 Å². The van der Waals surface area contributed by atoms with Crippen molar-refractivity contribution >= 4 is 24.7 Å². The highest BCUT2D eigenvalue weighted by Gasteiger charge is 2.35. The van der Waals surface area contributed by atoms with Crippen LogP contribution < -0.4 is 5.59 Å². The monoisotopic (exact) mass is 252 g/mol. The number of aromatic nitrogens is 1. The Bertz CT molecular complexity index is 465. The molecule has 0 N–H and O–H groups in total. The minimum atomic E-state index is -1.30. The van der Waals surface area contributed by atoms with Gasteiger partial charge in [0.2, 0.25) is 5.95 Å². The van der Waals surface area contributed by atoms with E-state index in [2.05, 4.69) is 4.98 Å². The molecule has 1 aromatic heterocycles. The maximum atomic E-state index is 13.0. The third-order valence-electron chi connectivity index (χ3n) is 2.25. The van der Waals surface area contributed by atoms with Crippen LogP contribution in [0, 0.1) is 5.95 Å². The van der Waals surface area contributed by atoms with Crippen LogP contribution in [0.5, 0.6) is 0 Å². The third-order valence-corrected chi connectivity index (χ3v) is 2.25. The molecule has 0 atom stereocenters. The molecule has 0 amide bonds. The number of hydrogen-bond acceptors (Lipinski definition) is 6. The Kier molecular flexibility index (Phi) is 3.56. The Hall–Kier alpha value is -1.96. The smallest absolute Gasteiger partial charge is 0.493 e. The molecule has 0 bridgehead atoms. The minimum absolute atomic E-state index is 0.0408. The summed E-state index contributed by atoms with van der Waals surface area (Å²) in [6.45, 7) is -0.0815. The largest absolute Gasteiger partial charge is 0.656 e. The number of hydrogen-bond donors (Lipinski definition) is 0. The van der Waals surface area contributed by atoms with Gasteiger partial charge in [0.05, 0.1) is 13.1 Å². The molecule has 18 heavy (non-hydrogen) atoms. The lowest BCUT2D eigenvalue weighted by Gasteiger charge is -2.22. The first-order chi connectivity index (χ1) is 8.54. The molecular formula is C10H10BFN2O4. The van der Waals surface area contributed by atoms with Crippen LogP contribution in [-0.4, -0.2) is 49.1 Å². The molecule has 1 fully saturated rings. The van der Waals surface area contributed by atoms with Crippen molar-refractivity contribution in [3.63, 3.8) is 0 Å². The lowest BCUT2D eigenvalue weighted by atomic mass is 9.83. The fourth-order valence-electron chi connectivity index (χ4n) is 1.51. The van der Waals surface area contributed by atoms with Crippen molar-refractivity contribution in [2.75, 3.05) is 20.1 Å². The molecular weight excluding hydrogens is 242 g/mol. The predicted molar refractivity (Wildman–Crippen MR) is 59.3 cm³/mol. The van der Waals surface area contributed by atoms with Gasteiger partial charge in [0.15, 0.2) is 0 Å². The Balaban J connectivity index is 2.20. The average molecular weight is 252 g/mol. The van der Waals surface area contributed by atoms with Crippen molar-refractivity contribution in [1.29, 1.82) is 0 Å². The number of likely N-dealkylation sites (N-methyl/N-ethyl adjacent to an activating group) is 1. The van der Waals surface area contributed by atoms with Crippen LogP contribution in [0.3, 0.4) is 0 Å². The van der Waals surface area contributed by atoms with Gasteiger partial charge in [-0.15, -0.1) is 0 Å². The zero-order chi connectivity index (χ0) is 13.1. The van der Waals surface area contributed by atoms with Gasteiger partial charge in [0.1, 0.15) is 5.59 Å². The molecule has 1 aromatic rings. The summed E-state index contributed by atoms with van der Waals surface area (Å²) in [6.07, 6.45) is 0. The van der Waals surface area contributed by atoms with Crippen molar-refractivity contribution < 1.29 is 23.3 Å². The molecule has 2 heterocycles. The molecule has 1 aliphatic heterocycles. The van der Waals surface area contributed by atoms with E-state index in [9.17, 15) is 14.0 Å². The van der Waals surface area contributed by atoms with Crippen molar-refractivity contribution in [2.45, 2.75) is 0 Å². The van der Waals surface area contributed by atoms with Crippen LogP contribution in [0.15, 0.2) is 18.2 Å². The van der Waals surface area contributed by atoms with Crippen LogP contribution in [0.2, 0.25) is 0 Å². The Labute approximate surface area is 103 Å². The zero-order valence-corrected chi connectivity index (χ0v) is 9.63. The molecule has 8 heteroatoms. The first-order valence-electron chi connectivity index (χ1n) is 5.24. The molecule has 6 nitrogen and oxygen atoms in total. The fourth-order valence-corrected chi connectivity index (χ4v) is 1.51. The first-order valence-corrected chi connectivity index (χ1v) is 5.24. The van der Waals surface area contributed by atoms with Crippen molar-refractivity contribution in [1.82, 2.24) is 9.88 Å². The highest BCUT2D eigenvalue weighted by Crippen LogP contribution is 2.00. The average Bonchev–Trinajstić information content (AvgIpc) is 2.25. The van der Waals surface area contributed by atoms with Gasteiger partial charge in [0.25, 0.3) is 0 Å². The van der Waals surface area contributed by atoms with Crippen molar-refractivity contribution in [3.05, 3.63) is 24.1 Å². The van der Waals surface area contributed by atoms with Crippen LogP contribution in [0.4, 0.5) is 4.39 Å². The van der Waals surface area contributed by atoms with Crippen LogP contribution in [0.1, 0.15) is 0 Å².